The molecule has 0 bridgehead atoms. The van der Waals surface area contributed by atoms with E-state index in [1.165, 1.54) is 4.90 Å². The van der Waals surface area contributed by atoms with Gasteiger partial charge in [-0.25, -0.2) is 4.79 Å². The lowest BCUT2D eigenvalue weighted by Crippen LogP contribution is -2.49. The van der Waals surface area contributed by atoms with Crippen molar-refractivity contribution in [3.05, 3.63) is 30.5 Å². The van der Waals surface area contributed by atoms with Crippen LogP contribution in [0.25, 0.3) is 10.9 Å². The molecule has 1 saturated heterocycles. The number of benzene rings is 1. The highest BCUT2D eigenvalue weighted by molar-refractivity contribution is 6.06. The quantitative estimate of drug-likeness (QED) is 0.752. The van der Waals surface area contributed by atoms with E-state index in [9.17, 15) is 9.59 Å². The largest absolute Gasteiger partial charge is 0.399 e. The van der Waals surface area contributed by atoms with E-state index in [4.69, 9.17) is 5.73 Å². The van der Waals surface area contributed by atoms with Gasteiger partial charge in [0.25, 0.3) is 0 Å². The Kier molecular flexibility index (Phi) is 2.56. The Morgan fingerprint density at radius 3 is 2.89 bits per heavy atom. The number of aromatic nitrogens is 1. The third kappa shape index (κ3) is 2.08. The van der Waals surface area contributed by atoms with Gasteiger partial charge in [-0.15, -0.1) is 0 Å². The highest BCUT2D eigenvalue weighted by Crippen LogP contribution is 2.23. The first-order chi connectivity index (χ1) is 9.13. The van der Waals surface area contributed by atoms with E-state index in [1.807, 2.05) is 12.1 Å². The molecule has 6 heteroatoms. The Bertz CT molecular complexity index is 683. The van der Waals surface area contributed by atoms with Crippen molar-refractivity contribution < 1.29 is 9.59 Å². The lowest BCUT2D eigenvalue weighted by atomic mass is 10.1. The number of pyridine rings is 1. The fraction of sp³-hybridized carbons (Fsp3) is 0.154. The second-order valence-electron chi connectivity index (χ2n) is 4.40. The number of nitrogens with two attached hydrogens (primary N) is 1. The van der Waals surface area contributed by atoms with Crippen LogP contribution in [-0.4, -0.2) is 23.5 Å². The van der Waals surface area contributed by atoms with Gasteiger partial charge in [-0.2, -0.15) is 0 Å². The number of hydrogen-bond donors (Lipinski definition) is 2. The van der Waals surface area contributed by atoms with Gasteiger partial charge in [-0.1, -0.05) is 0 Å². The Balaban J connectivity index is 2.01. The van der Waals surface area contributed by atoms with Crippen LogP contribution in [0, 0.1) is 0 Å². The maximum atomic E-state index is 11.7. The lowest BCUT2D eigenvalue weighted by molar-refractivity contribution is -0.120. The second-order valence-corrected chi connectivity index (χ2v) is 4.40. The van der Waals surface area contributed by atoms with E-state index < -0.39 is 6.03 Å². The van der Waals surface area contributed by atoms with Gasteiger partial charge >= 0.3 is 6.03 Å². The molecule has 3 N–H and O–H groups in total. The molecular formula is C13H12N4O2. The fourth-order valence-corrected chi connectivity index (χ4v) is 2.10. The summed E-state index contributed by atoms with van der Waals surface area (Å²) in [6.07, 6.45) is 1.91. The average molecular weight is 256 g/mol. The van der Waals surface area contributed by atoms with Crippen molar-refractivity contribution in [2.24, 2.45) is 0 Å². The Hall–Kier alpha value is -2.63. The van der Waals surface area contributed by atoms with Gasteiger partial charge in [0.1, 0.15) is 0 Å². The Morgan fingerprint density at radius 1 is 1.26 bits per heavy atom. The van der Waals surface area contributed by atoms with Crippen molar-refractivity contribution >= 4 is 34.2 Å². The molecule has 0 radical (unpaired) electrons. The molecule has 2 heterocycles. The number of anilines is 2. The molecule has 6 nitrogen and oxygen atoms in total. The molecule has 1 aliphatic rings. The minimum absolute atomic E-state index is 0.251. The minimum Gasteiger partial charge on any atom is -0.399 e. The first-order valence-corrected chi connectivity index (χ1v) is 5.90. The molecule has 0 saturated carbocycles. The van der Waals surface area contributed by atoms with Crippen LogP contribution < -0.4 is 16.0 Å². The van der Waals surface area contributed by atoms with Crippen molar-refractivity contribution in [3.63, 3.8) is 0 Å². The number of nitrogen functional groups attached to an aromatic ring is 1. The standard InChI is InChI=1S/C13H12N4O2/c14-9-1-2-11-8(5-9)6-10(7-15-11)17-4-3-12(18)16-13(17)19/h1-2,5-7H,3-4,14H2,(H,16,18,19). The lowest BCUT2D eigenvalue weighted by Gasteiger charge is -2.26. The number of amides is 3. The normalized spacial score (nSPS) is 15.7. The van der Waals surface area contributed by atoms with Gasteiger partial charge in [-0.3, -0.25) is 20.0 Å². The van der Waals surface area contributed by atoms with Crippen molar-refractivity contribution in [2.45, 2.75) is 6.42 Å². The smallest absolute Gasteiger partial charge is 0.328 e. The van der Waals surface area contributed by atoms with Gasteiger partial charge < -0.3 is 5.73 Å². The number of urea groups is 1. The number of fused-ring (bicyclic) bond motifs is 1. The van der Waals surface area contributed by atoms with Gasteiger partial charge in [0, 0.05) is 24.0 Å². The number of nitrogens with one attached hydrogen (secondary N) is 1. The molecule has 96 valence electrons. The number of nitrogens with zero attached hydrogens (tertiary/aromatic N) is 2. The van der Waals surface area contributed by atoms with Crippen molar-refractivity contribution in [1.29, 1.82) is 0 Å². The van der Waals surface area contributed by atoms with E-state index in [0.717, 1.165) is 10.9 Å². The van der Waals surface area contributed by atoms with Gasteiger partial charge in [0.05, 0.1) is 17.4 Å². The van der Waals surface area contributed by atoms with Crippen LogP contribution in [0.3, 0.4) is 0 Å². The predicted octanol–water partition coefficient (Wildman–Crippen LogP) is 1.26. The van der Waals surface area contributed by atoms with Crippen LogP contribution in [0.4, 0.5) is 16.2 Å². The topological polar surface area (TPSA) is 88.3 Å². The predicted molar refractivity (Wildman–Crippen MR) is 71.7 cm³/mol. The third-order valence-corrected chi connectivity index (χ3v) is 3.06. The molecule has 0 atom stereocenters. The van der Waals surface area contributed by atoms with E-state index in [2.05, 4.69) is 10.3 Å². The molecule has 0 aliphatic carbocycles. The number of carbonyl (C=O) groups is 2. The molecule has 3 amide bonds. The minimum atomic E-state index is -0.415. The highest BCUT2D eigenvalue weighted by Gasteiger charge is 2.24. The molecule has 1 fully saturated rings. The van der Waals surface area contributed by atoms with Crippen LogP contribution in [-0.2, 0) is 4.79 Å². The molecule has 19 heavy (non-hydrogen) atoms. The molecular weight excluding hydrogens is 244 g/mol. The van der Waals surface area contributed by atoms with Gasteiger partial charge in [0.15, 0.2) is 0 Å². The third-order valence-electron chi connectivity index (χ3n) is 3.06. The molecule has 1 aromatic carbocycles. The first-order valence-electron chi connectivity index (χ1n) is 5.90. The van der Waals surface area contributed by atoms with E-state index in [-0.39, 0.29) is 5.91 Å². The number of hydrogen-bond acceptors (Lipinski definition) is 4. The highest BCUT2D eigenvalue weighted by atomic mass is 16.2. The summed E-state index contributed by atoms with van der Waals surface area (Å²) in [5, 5.41) is 3.15. The van der Waals surface area contributed by atoms with Gasteiger partial charge in [-0.05, 0) is 24.3 Å². The Labute approximate surface area is 109 Å². The average Bonchev–Trinajstić information content (AvgIpc) is 2.38. The summed E-state index contributed by atoms with van der Waals surface area (Å²) in [6, 6.07) is 6.84. The number of rotatable bonds is 1. The van der Waals surface area contributed by atoms with E-state index >= 15 is 0 Å². The zero-order valence-electron chi connectivity index (χ0n) is 10.1. The van der Waals surface area contributed by atoms with Crippen molar-refractivity contribution in [1.82, 2.24) is 10.3 Å². The summed E-state index contributed by atoms with van der Waals surface area (Å²) in [6.45, 7) is 0.361. The van der Waals surface area contributed by atoms with Crippen LogP contribution in [0.15, 0.2) is 30.5 Å². The van der Waals surface area contributed by atoms with Crippen LogP contribution in [0.5, 0.6) is 0 Å². The van der Waals surface area contributed by atoms with Crippen molar-refractivity contribution in [3.8, 4) is 0 Å². The zero-order valence-corrected chi connectivity index (χ0v) is 10.1. The zero-order chi connectivity index (χ0) is 13.4. The number of carbonyl (C=O) groups excluding carboxylic acids is 2. The summed E-state index contributed by atoms with van der Waals surface area (Å²) >= 11 is 0. The molecule has 0 spiro atoms. The van der Waals surface area contributed by atoms with Crippen molar-refractivity contribution in [2.75, 3.05) is 17.2 Å². The van der Waals surface area contributed by atoms with Crippen LogP contribution in [0.1, 0.15) is 6.42 Å². The summed E-state index contributed by atoms with van der Waals surface area (Å²) in [5.74, 6) is -0.251. The maximum Gasteiger partial charge on any atom is 0.328 e. The second kappa shape index (κ2) is 4.24. The first kappa shape index (κ1) is 11.5. The summed E-state index contributed by atoms with van der Waals surface area (Å²) in [4.78, 5) is 28.7. The summed E-state index contributed by atoms with van der Waals surface area (Å²) in [7, 11) is 0. The molecule has 3 rings (SSSR count). The maximum absolute atomic E-state index is 11.7. The van der Waals surface area contributed by atoms with E-state index in [1.54, 1.807) is 18.3 Å². The van der Waals surface area contributed by atoms with Crippen LogP contribution >= 0.6 is 0 Å². The molecule has 2 aromatic rings. The summed E-state index contributed by atoms with van der Waals surface area (Å²) < 4.78 is 0. The van der Waals surface area contributed by atoms with Crippen LogP contribution in [0.2, 0.25) is 0 Å². The van der Waals surface area contributed by atoms with E-state index in [0.29, 0.717) is 24.3 Å². The summed E-state index contributed by atoms with van der Waals surface area (Å²) in [5.41, 5.74) is 7.84. The molecule has 1 aliphatic heterocycles. The Morgan fingerprint density at radius 2 is 2.11 bits per heavy atom. The number of imide groups is 1. The monoisotopic (exact) mass is 256 g/mol. The molecule has 1 aromatic heterocycles. The van der Waals surface area contributed by atoms with Gasteiger partial charge in [0.2, 0.25) is 5.91 Å². The molecule has 0 unspecified atom stereocenters. The fourth-order valence-electron chi connectivity index (χ4n) is 2.10. The SMILES string of the molecule is Nc1ccc2ncc(N3CCC(=O)NC3=O)cc2c1.